The molecule has 0 aliphatic carbocycles. The molecule has 100 valence electrons. The number of amides is 1. The van der Waals surface area contributed by atoms with E-state index in [1.807, 2.05) is 24.3 Å². The van der Waals surface area contributed by atoms with Crippen molar-refractivity contribution in [3.63, 3.8) is 0 Å². The first-order valence-electron chi connectivity index (χ1n) is 6.18. The van der Waals surface area contributed by atoms with E-state index in [-0.39, 0.29) is 11.7 Å². The highest BCUT2D eigenvalue weighted by molar-refractivity contribution is 6.34. The number of hydrogen-bond donors (Lipinski definition) is 2. The van der Waals surface area contributed by atoms with Gasteiger partial charge in [0.1, 0.15) is 0 Å². The zero-order chi connectivity index (χ0) is 14.1. The molecule has 0 unspecified atom stereocenters. The van der Waals surface area contributed by atoms with Gasteiger partial charge in [0.15, 0.2) is 11.5 Å². The highest BCUT2D eigenvalue weighted by Gasteiger charge is 2.23. The summed E-state index contributed by atoms with van der Waals surface area (Å²) in [5.74, 6) is 0.329. The second-order valence-corrected chi connectivity index (χ2v) is 4.49. The van der Waals surface area contributed by atoms with Crippen molar-refractivity contribution >= 4 is 23.2 Å². The molecule has 2 aromatic carbocycles. The lowest BCUT2D eigenvalue weighted by molar-refractivity contribution is -0.110. The van der Waals surface area contributed by atoms with Gasteiger partial charge in [-0.15, -0.1) is 0 Å². The fourth-order valence-electron chi connectivity index (χ4n) is 2.23. The minimum absolute atomic E-state index is 0.0749. The number of nitrogens with one attached hydrogen (secondary N) is 1. The van der Waals surface area contributed by atoms with E-state index in [1.54, 1.807) is 24.3 Å². The third-order valence-electron chi connectivity index (χ3n) is 3.22. The van der Waals surface area contributed by atoms with Crippen molar-refractivity contribution in [3.8, 4) is 11.5 Å². The SMILES string of the molecule is COc1cc(C=C2C(=O)Nc3ccccc32)ccc1O. The van der Waals surface area contributed by atoms with Gasteiger partial charge in [-0.3, -0.25) is 4.79 Å². The van der Waals surface area contributed by atoms with Gasteiger partial charge in [-0.2, -0.15) is 0 Å². The predicted molar refractivity (Wildman–Crippen MR) is 77.6 cm³/mol. The van der Waals surface area contributed by atoms with E-state index in [0.717, 1.165) is 16.8 Å². The third-order valence-corrected chi connectivity index (χ3v) is 3.22. The first-order chi connectivity index (χ1) is 9.69. The van der Waals surface area contributed by atoms with Crippen molar-refractivity contribution in [2.24, 2.45) is 0 Å². The molecule has 0 radical (unpaired) electrons. The quantitative estimate of drug-likeness (QED) is 0.822. The first kappa shape index (κ1) is 12.3. The summed E-state index contributed by atoms with van der Waals surface area (Å²) in [5, 5.41) is 12.4. The van der Waals surface area contributed by atoms with Gasteiger partial charge < -0.3 is 15.2 Å². The van der Waals surface area contributed by atoms with Gasteiger partial charge in [-0.1, -0.05) is 24.3 Å². The van der Waals surface area contributed by atoms with Crippen molar-refractivity contribution in [3.05, 3.63) is 53.6 Å². The highest BCUT2D eigenvalue weighted by atomic mass is 16.5. The fraction of sp³-hybridized carbons (Fsp3) is 0.0625. The molecule has 1 aliphatic rings. The number of hydrogen-bond acceptors (Lipinski definition) is 3. The molecule has 1 amide bonds. The Morgan fingerprint density at radius 3 is 2.80 bits per heavy atom. The summed E-state index contributed by atoms with van der Waals surface area (Å²) in [6.45, 7) is 0. The smallest absolute Gasteiger partial charge is 0.256 e. The van der Waals surface area contributed by atoms with Crippen LogP contribution in [0.4, 0.5) is 5.69 Å². The zero-order valence-corrected chi connectivity index (χ0v) is 10.9. The Morgan fingerprint density at radius 2 is 2.00 bits per heavy atom. The molecule has 4 nitrogen and oxygen atoms in total. The molecule has 1 heterocycles. The fourth-order valence-corrected chi connectivity index (χ4v) is 2.23. The maximum absolute atomic E-state index is 12.0. The van der Waals surface area contributed by atoms with E-state index < -0.39 is 0 Å². The molecule has 3 rings (SSSR count). The second kappa shape index (κ2) is 4.74. The number of fused-ring (bicyclic) bond motifs is 1. The molecule has 0 fully saturated rings. The Kier molecular flexibility index (Phi) is 2.91. The van der Waals surface area contributed by atoms with E-state index in [1.165, 1.54) is 7.11 Å². The minimum Gasteiger partial charge on any atom is -0.504 e. The molecule has 1 aliphatic heterocycles. The van der Waals surface area contributed by atoms with Crippen LogP contribution >= 0.6 is 0 Å². The van der Waals surface area contributed by atoms with Gasteiger partial charge in [-0.25, -0.2) is 0 Å². The van der Waals surface area contributed by atoms with Crippen LogP contribution in [-0.2, 0) is 4.79 Å². The van der Waals surface area contributed by atoms with Gasteiger partial charge >= 0.3 is 0 Å². The van der Waals surface area contributed by atoms with Crippen LogP contribution in [0.25, 0.3) is 11.6 Å². The van der Waals surface area contributed by atoms with Crippen molar-refractivity contribution in [1.29, 1.82) is 0 Å². The number of methoxy groups -OCH3 is 1. The summed E-state index contributed by atoms with van der Waals surface area (Å²) in [7, 11) is 1.49. The Morgan fingerprint density at radius 1 is 1.20 bits per heavy atom. The lowest BCUT2D eigenvalue weighted by Crippen LogP contribution is -2.03. The van der Waals surface area contributed by atoms with E-state index in [0.29, 0.717) is 11.3 Å². The molecule has 0 atom stereocenters. The van der Waals surface area contributed by atoms with Crippen molar-refractivity contribution in [2.75, 3.05) is 12.4 Å². The van der Waals surface area contributed by atoms with Crippen LogP contribution in [0.2, 0.25) is 0 Å². The number of ether oxygens (including phenoxy) is 1. The van der Waals surface area contributed by atoms with Crippen molar-refractivity contribution in [1.82, 2.24) is 0 Å². The van der Waals surface area contributed by atoms with E-state index >= 15 is 0 Å². The number of phenols is 1. The summed E-state index contributed by atoms with van der Waals surface area (Å²) in [5.41, 5.74) is 3.09. The van der Waals surface area contributed by atoms with Gasteiger partial charge in [0, 0.05) is 16.8 Å². The van der Waals surface area contributed by atoms with Crippen molar-refractivity contribution < 1.29 is 14.6 Å². The summed E-state index contributed by atoms with van der Waals surface area (Å²) < 4.78 is 5.07. The molecule has 0 aromatic heterocycles. The Bertz CT molecular complexity index is 719. The molecular weight excluding hydrogens is 254 g/mol. The van der Waals surface area contributed by atoms with Gasteiger partial charge in [-0.05, 0) is 29.8 Å². The molecule has 20 heavy (non-hydrogen) atoms. The topological polar surface area (TPSA) is 58.6 Å². The number of rotatable bonds is 2. The largest absolute Gasteiger partial charge is 0.504 e. The molecule has 4 heteroatoms. The van der Waals surface area contributed by atoms with Crippen LogP contribution in [-0.4, -0.2) is 18.1 Å². The zero-order valence-electron chi connectivity index (χ0n) is 10.9. The minimum atomic E-state index is -0.127. The molecule has 2 aromatic rings. The Labute approximate surface area is 116 Å². The van der Waals surface area contributed by atoms with E-state index in [2.05, 4.69) is 5.32 Å². The average Bonchev–Trinajstić information content (AvgIpc) is 2.77. The first-order valence-corrected chi connectivity index (χ1v) is 6.18. The van der Waals surface area contributed by atoms with Crippen molar-refractivity contribution in [2.45, 2.75) is 0 Å². The standard InChI is InChI=1S/C16H13NO3/c1-20-15-9-10(6-7-14(15)18)8-12-11-4-2-3-5-13(11)17-16(12)19/h2-9,18H,1H3,(H,17,19). The normalized spacial score (nSPS) is 15.1. The summed E-state index contributed by atoms with van der Waals surface area (Å²) >= 11 is 0. The maximum atomic E-state index is 12.0. The van der Waals surface area contributed by atoms with Crippen LogP contribution in [0.1, 0.15) is 11.1 Å². The van der Waals surface area contributed by atoms with Gasteiger partial charge in [0.05, 0.1) is 7.11 Å². The molecule has 0 bridgehead atoms. The summed E-state index contributed by atoms with van der Waals surface area (Å²) in [6.07, 6.45) is 1.78. The molecule has 2 N–H and O–H groups in total. The molecule has 0 spiro atoms. The highest BCUT2D eigenvalue weighted by Crippen LogP contribution is 2.34. The average molecular weight is 267 g/mol. The van der Waals surface area contributed by atoms with Gasteiger partial charge in [0.2, 0.25) is 0 Å². The van der Waals surface area contributed by atoms with Crippen LogP contribution in [0, 0.1) is 0 Å². The lowest BCUT2D eigenvalue weighted by Gasteiger charge is -2.04. The number of benzene rings is 2. The number of phenolic OH excluding ortho intramolecular Hbond substituents is 1. The third kappa shape index (κ3) is 2.01. The molecule has 0 saturated heterocycles. The van der Waals surface area contributed by atoms with Crippen LogP contribution < -0.4 is 10.1 Å². The van der Waals surface area contributed by atoms with Gasteiger partial charge in [0.25, 0.3) is 5.91 Å². The number of aromatic hydroxyl groups is 1. The second-order valence-electron chi connectivity index (χ2n) is 4.49. The van der Waals surface area contributed by atoms with Crippen LogP contribution in [0.5, 0.6) is 11.5 Å². The number of carbonyl (C=O) groups is 1. The Hall–Kier alpha value is -2.75. The number of carbonyl (C=O) groups excluding carboxylic acids is 1. The Balaban J connectivity index is 2.07. The monoisotopic (exact) mass is 267 g/mol. The van der Waals surface area contributed by atoms with Crippen LogP contribution in [0.15, 0.2) is 42.5 Å². The maximum Gasteiger partial charge on any atom is 0.256 e. The van der Waals surface area contributed by atoms with E-state index in [4.69, 9.17) is 4.74 Å². The van der Waals surface area contributed by atoms with E-state index in [9.17, 15) is 9.90 Å². The molecular formula is C16H13NO3. The van der Waals surface area contributed by atoms with Crippen LogP contribution in [0.3, 0.4) is 0 Å². The lowest BCUT2D eigenvalue weighted by atomic mass is 10.0. The summed E-state index contributed by atoms with van der Waals surface area (Å²) in [4.78, 5) is 12.0. The summed E-state index contributed by atoms with van der Waals surface area (Å²) in [6, 6.07) is 12.5. The number of anilines is 1. The number of para-hydroxylation sites is 1. The molecule has 0 saturated carbocycles. The predicted octanol–water partition coefficient (Wildman–Crippen LogP) is 2.89.